The van der Waals surface area contributed by atoms with E-state index in [9.17, 15) is 19.5 Å². The van der Waals surface area contributed by atoms with Crippen LogP contribution in [0.1, 0.15) is 66.2 Å². The van der Waals surface area contributed by atoms with Crippen molar-refractivity contribution >= 4 is 18.0 Å². The van der Waals surface area contributed by atoms with Gasteiger partial charge >= 0.3 is 12.1 Å². The van der Waals surface area contributed by atoms with Gasteiger partial charge in [-0.2, -0.15) is 0 Å². The van der Waals surface area contributed by atoms with Crippen LogP contribution < -0.4 is 5.32 Å². The van der Waals surface area contributed by atoms with Crippen molar-refractivity contribution in [2.24, 2.45) is 11.3 Å². The van der Waals surface area contributed by atoms with Crippen LogP contribution in [0.5, 0.6) is 0 Å². The van der Waals surface area contributed by atoms with Crippen molar-refractivity contribution in [2.75, 3.05) is 21.2 Å². The molecule has 3 aliphatic rings. The summed E-state index contributed by atoms with van der Waals surface area (Å²) in [6.45, 7) is 7.79. The first-order valence-electron chi connectivity index (χ1n) is 14.6. The number of amides is 2. The average Bonchev–Trinajstić information content (AvgIpc) is 3.69. The third-order valence-corrected chi connectivity index (χ3v) is 8.37. The predicted octanol–water partition coefficient (Wildman–Crippen LogP) is 3.68. The lowest BCUT2D eigenvalue weighted by Crippen LogP contribution is -2.50. The van der Waals surface area contributed by atoms with Gasteiger partial charge in [0.1, 0.15) is 12.2 Å². The van der Waals surface area contributed by atoms with Gasteiger partial charge in [0, 0.05) is 25.6 Å². The standard InChI is InChI=1S/C31H48N2O8/c1-19(9-12-26-29(36)31(14-15-31)18-23(41-26)17-28(35)38-7)8-11-25-20(2)16-24(22(4)40-25)32-27(34)13-10-21(3)39-30(37)33(5)6/h8-10,12-13,20-26,29,36H,11,14-18H2,1-7H3,(H,32,34)/b12-9+,13-10-,19-8+/t20-,21-,22+,23+,24+,25-,26+,29+/m0/s1. The van der Waals surface area contributed by atoms with Crippen LogP contribution in [0.4, 0.5) is 4.79 Å². The first kappa shape index (κ1) is 32.8. The Kier molecular flexibility index (Phi) is 11.6. The molecule has 1 spiro atoms. The van der Waals surface area contributed by atoms with Gasteiger partial charge in [-0.05, 0) is 64.9 Å². The number of rotatable bonds is 10. The molecule has 0 aromatic heterocycles. The maximum atomic E-state index is 12.5. The van der Waals surface area contributed by atoms with Gasteiger partial charge in [-0.1, -0.05) is 30.7 Å². The number of hydrogen-bond donors (Lipinski definition) is 2. The molecule has 8 atom stereocenters. The van der Waals surface area contributed by atoms with Crippen LogP contribution >= 0.6 is 0 Å². The molecule has 3 fully saturated rings. The van der Waals surface area contributed by atoms with Crippen molar-refractivity contribution in [2.45, 2.75) is 109 Å². The lowest BCUT2D eigenvalue weighted by atomic mass is 9.84. The molecule has 2 N–H and O–H groups in total. The molecule has 2 aliphatic heterocycles. The smallest absolute Gasteiger partial charge is 0.409 e. The van der Waals surface area contributed by atoms with E-state index in [1.165, 1.54) is 18.1 Å². The summed E-state index contributed by atoms with van der Waals surface area (Å²) >= 11 is 0. The van der Waals surface area contributed by atoms with Crippen molar-refractivity contribution in [1.29, 1.82) is 0 Å². The molecule has 2 saturated heterocycles. The molecule has 10 nitrogen and oxygen atoms in total. The number of carbonyl (C=O) groups is 3. The summed E-state index contributed by atoms with van der Waals surface area (Å²) in [5.74, 6) is -0.322. The lowest BCUT2D eigenvalue weighted by Gasteiger charge is -2.39. The van der Waals surface area contributed by atoms with Gasteiger partial charge in [0.05, 0.1) is 44.0 Å². The summed E-state index contributed by atoms with van der Waals surface area (Å²) in [6.07, 6.45) is 10.8. The molecule has 1 aliphatic carbocycles. The van der Waals surface area contributed by atoms with Crippen molar-refractivity contribution < 1.29 is 38.4 Å². The average molecular weight is 577 g/mol. The number of allylic oxidation sites excluding steroid dienone is 2. The monoisotopic (exact) mass is 576 g/mol. The van der Waals surface area contributed by atoms with E-state index in [0.717, 1.165) is 31.3 Å². The number of carbonyl (C=O) groups excluding carboxylic acids is 3. The van der Waals surface area contributed by atoms with Crippen LogP contribution in [0, 0.1) is 11.3 Å². The van der Waals surface area contributed by atoms with Crippen LogP contribution in [-0.4, -0.2) is 91.8 Å². The minimum atomic E-state index is -0.582. The maximum absolute atomic E-state index is 12.5. The van der Waals surface area contributed by atoms with Gasteiger partial charge in [0.15, 0.2) is 0 Å². The Morgan fingerprint density at radius 1 is 1.17 bits per heavy atom. The molecular weight excluding hydrogens is 528 g/mol. The second kappa shape index (κ2) is 14.5. The van der Waals surface area contributed by atoms with E-state index in [0.29, 0.717) is 6.42 Å². The third-order valence-electron chi connectivity index (χ3n) is 8.37. The van der Waals surface area contributed by atoms with E-state index < -0.39 is 24.4 Å². The molecule has 0 radical (unpaired) electrons. The minimum absolute atomic E-state index is 0.0122. The quantitative estimate of drug-likeness (QED) is 0.229. The second-order valence-electron chi connectivity index (χ2n) is 12.1. The highest BCUT2D eigenvalue weighted by Crippen LogP contribution is 2.56. The molecule has 10 heteroatoms. The molecule has 0 unspecified atom stereocenters. The summed E-state index contributed by atoms with van der Waals surface area (Å²) < 4.78 is 22.4. The largest absolute Gasteiger partial charge is 0.469 e. The molecule has 2 heterocycles. The Morgan fingerprint density at radius 3 is 2.51 bits per heavy atom. The maximum Gasteiger partial charge on any atom is 0.409 e. The number of aliphatic hydroxyl groups is 1. The van der Waals surface area contributed by atoms with Crippen LogP contribution in [0.2, 0.25) is 0 Å². The topological polar surface area (TPSA) is 124 Å². The van der Waals surface area contributed by atoms with Crippen molar-refractivity contribution in [3.8, 4) is 0 Å². The van der Waals surface area contributed by atoms with Gasteiger partial charge in [0.25, 0.3) is 0 Å². The molecule has 0 bridgehead atoms. The zero-order valence-corrected chi connectivity index (χ0v) is 25.5. The molecule has 230 valence electrons. The number of aliphatic hydroxyl groups excluding tert-OH is 1. The van der Waals surface area contributed by atoms with Gasteiger partial charge in [-0.3, -0.25) is 9.59 Å². The number of ether oxygens (including phenoxy) is 4. The van der Waals surface area contributed by atoms with E-state index in [1.54, 1.807) is 27.1 Å². The fourth-order valence-corrected chi connectivity index (χ4v) is 5.55. The van der Waals surface area contributed by atoms with Gasteiger partial charge < -0.3 is 34.3 Å². The lowest BCUT2D eigenvalue weighted by molar-refractivity contribution is -0.158. The fourth-order valence-electron chi connectivity index (χ4n) is 5.55. The van der Waals surface area contributed by atoms with Gasteiger partial charge in [-0.25, -0.2) is 4.79 Å². The highest BCUT2D eigenvalue weighted by molar-refractivity contribution is 5.87. The molecule has 0 aromatic rings. The van der Waals surface area contributed by atoms with E-state index >= 15 is 0 Å². The number of methoxy groups -OCH3 is 1. The first-order chi connectivity index (χ1) is 19.3. The van der Waals surface area contributed by atoms with Gasteiger partial charge in [-0.15, -0.1) is 0 Å². The molecule has 0 aromatic carbocycles. The van der Waals surface area contributed by atoms with Crippen LogP contribution in [0.25, 0.3) is 0 Å². The SMILES string of the molecule is COC(=O)C[C@@H]1CC2(CC2)[C@H](O)[C@@H](/C=C/C(C)=C/C[C@@H]2O[C@H](C)[C@H](NC(=O)/C=C\[C@H](C)OC(=O)N(C)C)C[C@@H]2C)O1. The van der Waals surface area contributed by atoms with Gasteiger partial charge in [0.2, 0.25) is 5.91 Å². The first-order valence-corrected chi connectivity index (χ1v) is 14.6. The Morgan fingerprint density at radius 2 is 1.88 bits per heavy atom. The van der Waals surface area contributed by atoms with Crippen molar-refractivity contribution in [1.82, 2.24) is 10.2 Å². The molecular formula is C31H48N2O8. The second-order valence-corrected chi connectivity index (χ2v) is 12.1. The van der Waals surface area contributed by atoms with Crippen LogP contribution in [-0.2, 0) is 28.5 Å². The normalized spacial score (nSPS) is 32.1. The summed E-state index contributed by atoms with van der Waals surface area (Å²) in [5, 5.41) is 13.9. The zero-order valence-electron chi connectivity index (χ0n) is 25.5. The van der Waals surface area contributed by atoms with E-state index in [-0.39, 0.29) is 54.0 Å². The Balaban J connectivity index is 1.48. The number of nitrogens with one attached hydrogen (secondary N) is 1. The molecule has 3 rings (SSSR count). The van der Waals surface area contributed by atoms with Crippen molar-refractivity contribution in [3.63, 3.8) is 0 Å². The number of esters is 1. The zero-order chi connectivity index (χ0) is 30.3. The summed E-state index contributed by atoms with van der Waals surface area (Å²) in [6, 6.07) is -0.124. The molecule has 2 amide bonds. The highest BCUT2D eigenvalue weighted by Gasteiger charge is 2.56. The molecule has 1 saturated carbocycles. The molecule has 41 heavy (non-hydrogen) atoms. The van der Waals surface area contributed by atoms with E-state index in [1.807, 2.05) is 26.0 Å². The third kappa shape index (κ3) is 9.41. The Bertz CT molecular complexity index is 1020. The van der Waals surface area contributed by atoms with Crippen molar-refractivity contribution in [3.05, 3.63) is 36.0 Å². The fraction of sp³-hybridized carbons (Fsp3) is 0.710. The highest BCUT2D eigenvalue weighted by atomic mass is 16.6. The van der Waals surface area contributed by atoms with E-state index in [4.69, 9.17) is 18.9 Å². The Hall–Kier alpha value is -2.69. The van der Waals surface area contributed by atoms with Crippen LogP contribution in [0.3, 0.4) is 0 Å². The Labute approximate surface area is 244 Å². The van der Waals surface area contributed by atoms with Crippen LogP contribution in [0.15, 0.2) is 36.0 Å². The summed E-state index contributed by atoms with van der Waals surface area (Å²) in [5.41, 5.74) is 0.887. The minimum Gasteiger partial charge on any atom is -0.469 e. The number of nitrogens with zero attached hydrogens (tertiary/aromatic N) is 1. The number of hydrogen-bond acceptors (Lipinski definition) is 8. The summed E-state index contributed by atoms with van der Waals surface area (Å²) in [4.78, 5) is 37.2. The van der Waals surface area contributed by atoms with E-state index in [2.05, 4.69) is 18.3 Å². The summed E-state index contributed by atoms with van der Waals surface area (Å²) in [7, 11) is 4.58. The predicted molar refractivity (Wildman–Crippen MR) is 154 cm³/mol.